The smallest absolute Gasteiger partial charge is 0.339 e. The Labute approximate surface area is 96.8 Å². The van der Waals surface area contributed by atoms with Gasteiger partial charge in [0.1, 0.15) is 10.3 Å². The topological polar surface area (TPSA) is 28.7 Å². The van der Waals surface area contributed by atoms with Gasteiger partial charge in [-0.05, 0) is 31.9 Å². The van der Waals surface area contributed by atoms with Crippen LogP contribution < -0.4 is 0 Å². The number of thiazole rings is 1. The van der Waals surface area contributed by atoms with Crippen LogP contribution in [0.15, 0.2) is 9.08 Å². The molecule has 0 aliphatic carbocycles. The van der Waals surface area contributed by atoms with Crippen molar-refractivity contribution in [2.45, 2.75) is 6.18 Å². The summed E-state index contributed by atoms with van der Waals surface area (Å²) in [5.74, 6) is 0. The first-order valence-corrected chi connectivity index (χ1v) is 5.70. The summed E-state index contributed by atoms with van der Waals surface area (Å²) in [4.78, 5) is 6.63. The van der Waals surface area contributed by atoms with Crippen molar-refractivity contribution in [3.63, 3.8) is 0 Å². The van der Waals surface area contributed by atoms with Crippen LogP contribution in [0.2, 0.25) is 0 Å². The maximum absolute atomic E-state index is 12.2. The summed E-state index contributed by atoms with van der Waals surface area (Å²) < 4.78 is 37.8. The Morgan fingerprint density at radius 1 is 1.29 bits per heavy atom. The van der Waals surface area contributed by atoms with Crippen molar-refractivity contribution < 1.29 is 13.2 Å². The van der Waals surface area contributed by atoms with E-state index in [0.717, 1.165) is 0 Å². The third-order valence-corrected chi connectivity index (χ3v) is 4.41. The third kappa shape index (κ3) is 1.59. The molecule has 0 saturated heterocycles. The predicted molar refractivity (Wildman–Crippen MR) is 54.4 cm³/mol. The van der Waals surface area contributed by atoms with Gasteiger partial charge in [-0.25, -0.2) is 4.98 Å². The molecule has 1 N–H and O–H groups in total. The lowest BCUT2D eigenvalue weighted by atomic mass is 10.6. The Kier molecular flexibility index (Phi) is 2.39. The Hall–Kier alpha value is -0.0800. The number of H-pyrrole nitrogens is 1. The van der Waals surface area contributed by atoms with Crippen LogP contribution in [0.5, 0.6) is 0 Å². The van der Waals surface area contributed by atoms with Crippen molar-refractivity contribution in [3.05, 3.63) is 14.1 Å². The first-order chi connectivity index (χ1) is 6.39. The molecule has 14 heavy (non-hydrogen) atoms. The van der Waals surface area contributed by atoms with Crippen molar-refractivity contribution in [2.24, 2.45) is 0 Å². The molecule has 0 aromatic carbocycles. The standard InChI is InChI=1S/C6HBr2F3N2S/c7-1-2-4(13-3(1)8)14-5(12-2)6(9,10)11/h13H. The van der Waals surface area contributed by atoms with Crippen LogP contribution in [0.1, 0.15) is 5.01 Å². The molecule has 0 saturated carbocycles. The molecule has 2 aromatic rings. The Balaban J connectivity index is 2.65. The van der Waals surface area contributed by atoms with Crippen LogP contribution in [0.4, 0.5) is 13.2 Å². The SMILES string of the molecule is FC(F)(F)c1nc2c(Br)c(Br)[nH]c2s1. The predicted octanol–water partition coefficient (Wildman–Crippen LogP) is 4.17. The number of aromatic nitrogens is 2. The number of nitrogens with one attached hydrogen (secondary N) is 1. The second-order valence-corrected chi connectivity index (χ2v) is 5.03. The summed E-state index contributed by atoms with van der Waals surface area (Å²) in [6, 6.07) is 0. The second kappa shape index (κ2) is 3.21. The van der Waals surface area contributed by atoms with Gasteiger partial charge in [0.2, 0.25) is 5.01 Å². The van der Waals surface area contributed by atoms with Gasteiger partial charge in [-0.3, -0.25) is 0 Å². The van der Waals surface area contributed by atoms with E-state index in [1.807, 2.05) is 0 Å². The second-order valence-electron chi connectivity index (χ2n) is 2.45. The molecule has 76 valence electrons. The monoisotopic (exact) mass is 348 g/mol. The highest BCUT2D eigenvalue weighted by molar-refractivity contribution is 9.13. The average molecular weight is 350 g/mol. The molecule has 8 heteroatoms. The minimum Gasteiger partial charge on any atom is -0.339 e. The van der Waals surface area contributed by atoms with Gasteiger partial charge in [0.05, 0.1) is 9.08 Å². The van der Waals surface area contributed by atoms with Gasteiger partial charge in [0.15, 0.2) is 0 Å². The molecule has 0 aliphatic rings. The lowest BCUT2D eigenvalue weighted by Crippen LogP contribution is -2.03. The van der Waals surface area contributed by atoms with Crippen molar-refractivity contribution in [1.82, 2.24) is 9.97 Å². The van der Waals surface area contributed by atoms with Crippen molar-refractivity contribution >= 4 is 53.5 Å². The highest BCUT2D eigenvalue weighted by atomic mass is 79.9. The van der Waals surface area contributed by atoms with Crippen LogP contribution in [0.3, 0.4) is 0 Å². The van der Waals surface area contributed by atoms with E-state index in [2.05, 4.69) is 41.8 Å². The summed E-state index contributed by atoms with van der Waals surface area (Å²) in [6.45, 7) is 0. The number of alkyl halides is 3. The van der Waals surface area contributed by atoms with Gasteiger partial charge in [0, 0.05) is 0 Å². The molecule has 2 aromatic heterocycles. The third-order valence-electron chi connectivity index (χ3n) is 1.49. The minimum absolute atomic E-state index is 0.300. The average Bonchev–Trinajstić information content (AvgIpc) is 2.54. The number of hydrogen-bond donors (Lipinski definition) is 1. The van der Waals surface area contributed by atoms with Gasteiger partial charge in [-0.15, -0.1) is 0 Å². The number of rotatable bonds is 0. The van der Waals surface area contributed by atoms with E-state index in [1.54, 1.807) is 0 Å². The molecule has 0 aliphatic heterocycles. The Bertz CT molecular complexity index is 487. The molecule has 2 nitrogen and oxygen atoms in total. The molecular weight excluding hydrogens is 349 g/mol. The van der Waals surface area contributed by atoms with E-state index in [0.29, 0.717) is 30.8 Å². The van der Waals surface area contributed by atoms with Crippen molar-refractivity contribution in [2.75, 3.05) is 0 Å². The normalized spacial score (nSPS) is 12.6. The van der Waals surface area contributed by atoms with E-state index in [1.165, 1.54) is 0 Å². The zero-order valence-electron chi connectivity index (χ0n) is 6.25. The highest BCUT2D eigenvalue weighted by Crippen LogP contribution is 2.39. The van der Waals surface area contributed by atoms with Crippen molar-refractivity contribution in [1.29, 1.82) is 0 Å². The number of aromatic amines is 1. The number of hydrogen-bond acceptors (Lipinski definition) is 2. The summed E-state index contributed by atoms with van der Waals surface area (Å²) in [5, 5.41) is -0.841. The Morgan fingerprint density at radius 3 is 2.43 bits per heavy atom. The molecule has 0 atom stereocenters. The van der Waals surface area contributed by atoms with E-state index >= 15 is 0 Å². The first kappa shape index (κ1) is 10.4. The van der Waals surface area contributed by atoms with Crippen LogP contribution in [-0.2, 0) is 6.18 Å². The van der Waals surface area contributed by atoms with E-state index < -0.39 is 11.2 Å². The molecule has 0 fully saturated rings. The molecule has 2 rings (SSSR count). The first-order valence-electron chi connectivity index (χ1n) is 3.30. The summed E-state index contributed by atoms with van der Waals surface area (Å²) in [5.41, 5.74) is 0.300. The lowest BCUT2D eigenvalue weighted by Gasteiger charge is -1.98. The molecule has 0 radical (unpaired) electrons. The summed E-state index contributed by atoms with van der Waals surface area (Å²) in [7, 11) is 0. The van der Waals surface area contributed by atoms with Crippen LogP contribution in [0, 0.1) is 0 Å². The van der Waals surface area contributed by atoms with E-state index in [4.69, 9.17) is 0 Å². The van der Waals surface area contributed by atoms with Gasteiger partial charge >= 0.3 is 6.18 Å². The zero-order chi connectivity index (χ0) is 10.5. The number of fused-ring (bicyclic) bond motifs is 1. The maximum atomic E-state index is 12.2. The minimum atomic E-state index is -4.38. The molecule has 2 heterocycles. The van der Waals surface area contributed by atoms with E-state index in [-0.39, 0.29) is 0 Å². The van der Waals surface area contributed by atoms with E-state index in [9.17, 15) is 13.2 Å². The molecule has 0 amide bonds. The van der Waals surface area contributed by atoms with Crippen LogP contribution >= 0.6 is 43.2 Å². The molecule has 0 spiro atoms. The van der Waals surface area contributed by atoms with Gasteiger partial charge in [-0.2, -0.15) is 13.2 Å². The molecule has 0 unspecified atom stereocenters. The number of nitrogens with zero attached hydrogens (tertiary/aromatic N) is 1. The Morgan fingerprint density at radius 2 is 1.93 bits per heavy atom. The van der Waals surface area contributed by atoms with Gasteiger partial charge in [0.25, 0.3) is 0 Å². The largest absolute Gasteiger partial charge is 0.443 e. The van der Waals surface area contributed by atoms with Gasteiger partial charge in [-0.1, -0.05) is 11.3 Å². The summed E-state index contributed by atoms with van der Waals surface area (Å²) in [6.07, 6.45) is -4.38. The fourth-order valence-electron chi connectivity index (χ4n) is 0.933. The fraction of sp³-hybridized carbons (Fsp3) is 0.167. The number of halogens is 5. The van der Waals surface area contributed by atoms with Gasteiger partial charge < -0.3 is 4.98 Å². The van der Waals surface area contributed by atoms with Crippen molar-refractivity contribution in [3.8, 4) is 0 Å². The van der Waals surface area contributed by atoms with Crippen LogP contribution in [0.25, 0.3) is 10.3 Å². The molecular formula is C6HBr2F3N2S. The highest BCUT2D eigenvalue weighted by Gasteiger charge is 2.35. The quantitative estimate of drug-likeness (QED) is 0.759. The van der Waals surface area contributed by atoms with Crippen LogP contribution in [-0.4, -0.2) is 9.97 Å². The lowest BCUT2D eigenvalue weighted by molar-refractivity contribution is -0.137. The summed E-state index contributed by atoms with van der Waals surface area (Å²) >= 11 is 6.86. The maximum Gasteiger partial charge on any atom is 0.443 e. The fourth-order valence-corrected chi connectivity index (χ4v) is 2.81. The molecule has 0 bridgehead atoms. The zero-order valence-corrected chi connectivity index (χ0v) is 10.2.